The van der Waals surface area contributed by atoms with Crippen molar-refractivity contribution in [1.29, 1.82) is 0 Å². The van der Waals surface area contributed by atoms with Crippen molar-refractivity contribution in [3.05, 3.63) is 35.9 Å². The van der Waals surface area contributed by atoms with Crippen LogP contribution in [0.25, 0.3) is 0 Å². The van der Waals surface area contributed by atoms with E-state index in [0.29, 0.717) is 5.56 Å². The molecule has 1 aromatic carbocycles. The summed E-state index contributed by atoms with van der Waals surface area (Å²) < 4.78 is 29.9. The van der Waals surface area contributed by atoms with Crippen LogP contribution in [-0.2, 0) is 19.7 Å². The summed E-state index contributed by atoms with van der Waals surface area (Å²) in [6, 6.07) is 7.16. The summed E-state index contributed by atoms with van der Waals surface area (Å²) in [7, 11) is -4.31. The van der Waals surface area contributed by atoms with E-state index in [0.717, 1.165) is 0 Å². The molecule has 0 spiro atoms. The van der Waals surface area contributed by atoms with E-state index < -0.39 is 40.2 Å². The Morgan fingerprint density at radius 3 is 2.25 bits per heavy atom. The fourth-order valence-corrected chi connectivity index (χ4v) is 2.50. The first-order valence-corrected chi connectivity index (χ1v) is 8.85. The van der Waals surface area contributed by atoms with Gasteiger partial charge >= 0.3 is 5.97 Å². The molecule has 24 heavy (non-hydrogen) atoms. The van der Waals surface area contributed by atoms with E-state index in [2.05, 4.69) is 5.32 Å². The summed E-state index contributed by atoms with van der Waals surface area (Å²) in [6.45, 7) is 0. The van der Waals surface area contributed by atoms with Gasteiger partial charge < -0.3 is 10.4 Å². The Bertz CT molecular complexity index is 685. The van der Waals surface area contributed by atoms with E-state index in [1.54, 1.807) is 30.3 Å². The number of hydrogen-bond acceptors (Lipinski definition) is 5. The number of carboxylic acid groups (broad SMARTS) is 1. The standard InChI is InChI=1S/C15H19NO7S/c17-13(11-5-2-1-3-6-11)7-4-8-14(18)16-12(15(19)20)9-10-24(21,22)23/h1-3,5-6,12H,4,7-10H2,(H,16,18)(H,19,20)(H,21,22,23)/t12-/m0/s1. The maximum atomic E-state index is 11.8. The van der Waals surface area contributed by atoms with Gasteiger partial charge in [-0.1, -0.05) is 30.3 Å². The Hall–Kier alpha value is -2.26. The number of amides is 1. The molecule has 0 heterocycles. The van der Waals surface area contributed by atoms with Gasteiger partial charge in [-0.2, -0.15) is 8.42 Å². The van der Waals surface area contributed by atoms with Crippen molar-refractivity contribution in [1.82, 2.24) is 5.32 Å². The van der Waals surface area contributed by atoms with Crippen LogP contribution in [0.3, 0.4) is 0 Å². The number of carboxylic acids is 1. The van der Waals surface area contributed by atoms with E-state index in [-0.39, 0.29) is 25.0 Å². The lowest BCUT2D eigenvalue weighted by molar-refractivity contribution is -0.141. The number of Topliss-reactive ketones (excluding diaryl/α,β-unsaturated/α-hetero) is 1. The first-order valence-electron chi connectivity index (χ1n) is 7.24. The number of ketones is 1. The molecule has 0 aliphatic carbocycles. The molecule has 1 atom stereocenters. The molecule has 0 aromatic heterocycles. The van der Waals surface area contributed by atoms with Crippen LogP contribution in [0.15, 0.2) is 30.3 Å². The van der Waals surface area contributed by atoms with Crippen LogP contribution in [0.5, 0.6) is 0 Å². The van der Waals surface area contributed by atoms with E-state index in [9.17, 15) is 22.8 Å². The fourth-order valence-electron chi connectivity index (χ4n) is 1.97. The predicted molar refractivity (Wildman–Crippen MR) is 85.2 cm³/mol. The van der Waals surface area contributed by atoms with E-state index in [4.69, 9.17) is 9.66 Å². The van der Waals surface area contributed by atoms with Gasteiger partial charge in [-0.3, -0.25) is 14.1 Å². The molecule has 1 rings (SSSR count). The molecular weight excluding hydrogens is 338 g/mol. The molecule has 0 aliphatic heterocycles. The van der Waals surface area contributed by atoms with Gasteiger partial charge in [-0.15, -0.1) is 0 Å². The van der Waals surface area contributed by atoms with Crippen molar-refractivity contribution in [3.63, 3.8) is 0 Å². The summed E-state index contributed by atoms with van der Waals surface area (Å²) in [5.41, 5.74) is 0.537. The normalized spacial score (nSPS) is 12.4. The zero-order chi connectivity index (χ0) is 18.2. The molecule has 0 aliphatic rings. The van der Waals surface area contributed by atoms with Gasteiger partial charge in [0.15, 0.2) is 5.78 Å². The Balaban J connectivity index is 2.40. The average Bonchev–Trinajstić information content (AvgIpc) is 2.51. The summed E-state index contributed by atoms with van der Waals surface area (Å²) in [5, 5.41) is 11.1. The number of benzene rings is 1. The highest BCUT2D eigenvalue weighted by atomic mass is 32.2. The third-order valence-corrected chi connectivity index (χ3v) is 3.95. The lowest BCUT2D eigenvalue weighted by Gasteiger charge is -2.13. The Morgan fingerprint density at radius 1 is 1.08 bits per heavy atom. The smallest absolute Gasteiger partial charge is 0.326 e. The van der Waals surface area contributed by atoms with Gasteiger partial charge in [0.1, 0.15) is 6.04 Å². The molecule has 132 valence electrons. The van der Waals surface area contributed by atoms with Crippen LogP contribution in [0.2, 0.25) is 0 Å². The van der Waals surface area contributed by atoms with Crippen molar-refractivity contribution >= 4 is 27.8 Å². The highest BCUT2D eigenvalue weighted by Crippen LogP contribution is 2.07. The maximum absolute atomic E-state index is 11.8. The number of rotatable bonds is 10. The minimum Gasteiger partial charge on any atom is -0.480 e. The third-order valence-electron chi connectivity index (χ3n) is 3.20. The Labute approximate surface area is 139 Å². The summed E-state index contributed by atoms with van der Waals surface area (Å²) in [6.07, 6.45) is -0.124. The van der Waals surface area contributed by atoms with Crippen molar-refractivity contribution in [3.8, 4) is 0 Å². The van der Waals surface area contributed by atoms with Crippen LogP contribution in [0.4, 0.5) is 0 Å². The lowest BCUT2D eigenvalue weighted by atomic mass is 10.1. The molecule has 1 amide bonds. The van der Waals surface area contributed by atoms with Crippen molar-refractivity contribution in [2.24, 2.45) is 0 Å². The number of nitrogens with one attached hydrogen (secondary N) is 1. The van der Waals surface area contributed by atoms with Crippen LogP contribution >= 0.6 is 0 Å². The largest absolute Gasteiger partial charge is 0.480 e. The number of carbonyl (C=O) groups is 3. The summed E-state index contributed by atoms with van der Waals surface area (Å²) in [5.74, 6) is -2.88. The average molecular weight is 357 g/mol. The Kier molecular flexibility index (Phi) is 7.53. The first-order chi connectivity index (χ1) is 11.2. The molecule has 0 unspecified atom stereocenters. The zero-order valence-electron chi connectivity index (χ0n) is 12.8. The number of aliphatic carboxylic acids is 1. The van der Waals surface area contributed by atoms with Gasteiger partial charge in [0.2, 0.25) is 5.91 Å². The molecular formula is C15H19NO7S. The lowest BCUT2D eigenvalue weighted by Crippen LogP contribution is -2.41. The molecule has 0 saturated heterocycles. The van der Waals surface area contributed by atoms with Gasteiger partial charge in [-0.05, 0) is 12.8 Å². The van der Waals surface area contributed by atoms with Crippen molar-refractivity contribution < 1.29 is 32.5 Å². The fraction of sp³-hybridized carbons (Fsp3) is 0.400. The van der Waals surface area contributed by atoms with Crippen molar-refractivity contribution in [2.45, 2.75) is 31.7 Å². The van der Waals surface area contributed by atoms with Gasteiger partial charge in [0.25, 0.3) is 10.1 Å². The SMILES string of the molecule is O=C(CCCC(=O)c1ccccc1)N[C@@H](CCS(=O)(=O)O)C(=O)O. The topological polar surface area (TPSA) is 138 Å². The zero-order valence-corrected chi connectivity index (χ0v) is 13.7. The highest BCUT2D eigenvalue weighted by Gasteiger charge is 2.22. The maximum Gasteiger partial charge on any atom is 0.326 e. The molecule has 0 bridgehead atoms. The van der Waals surface area contributed by atoms with Gasteiger partial charge in [-0.25, -0.2) is 4.79 Å². The molecule has 8 nitrogen and oxygen atoms in total. The third kappa shape index (κ3) is 7.84. The van der Waals surface area contributed by atoms with Crippen LogP contribution in [-0.4, -0.2) is 47.5 Å². The highest BCUT2D eigenvalue weighted by molar-refractivity contribution is 7.85. The minimum atomic E-state index is -4.31. The van der Waals surface area contributed by atoms with E-state index >= 15 is 0 Å². The molecule has 0 saturated carbocycles. The predicted octanol–water partition coefficient (Wildman–Crippen LogP) is 0.887. The van der Waals surface area contributed by atoms with Crippen LogP contribution in [0.1, 0.15) is 36.0 Å². The van der Waals surface area contributed by atoms with Crippen LogP contribution < -0.4 is 5.32 Å². The van der Waals surface area contributed by atoms with E-state index in [1.807, 2.05) is 0 Å². The van der Waals surface area contributed by atoms with Crippen molar-refractivity contribution in [2.75, 3.05) is 5.75 Å². The minimum absolute atomic E-state index is 0.0613. The summed E-state index contributed by atoms with van der Waals surface area (Å²) >= 11 is 0. The van der Waals surface area contributed by atoms with E-state index in [1.165, 1.54) is 0 Å². The second kappa shape index (κ2) is 9.14. The molecule has 0 radical (unpaired) electrons. The molecule has 9 heteroatoms. The molecule has 3 N–H and O–H groups in total. The monoisotopic (exact) mass is 357 g/mol. The number of carbonyl (C=O) groups excluding carboxylic acids is 2. The second-order valence-electron chi connectivity index (χ2n) is 5.18. The van der Waals surface area contributed by atoms with Gasteiger partial charge in [0, 0.05) is 18.4 Å². The first kappa shape index (κ1) is 19.8. The number of hydrogen-bond donors (Lipinski definition) is 3. The van der Waals surface area contributed by atoms with Gasteiger partial charge in [0.05, 0.1) is 5.75 Å². The molecule has 1 aromatic rings. The Morgan fingerprint density at radius 2 is 1.71 bits per heavy atom. The molecule has 0 fully saturated rings. The second-order valence-corrected chi connectivity index (χ2v) is 6.75. The summed E-state index contributed by atoms with van der Waals surface area (Å²) in [4.78, 5) is 34.5. The quantitative estimate of drug-likeness (QED) is 0.417. The van der Waals surface area contributed by atoms with Crippen LogP contribution in [0, 0.1) is 0 Å².